The zero-order chi connectivity index (χ0) is 16.7. The van der Waals surface area contributed by atoms with Gasteiger partial charge in [-0.3, -0.25) is 9.10 Å². The summed E-state index contributed by atoms with van der Waals surface area (Å²) >= 11 is 0. The van der Waals surface area contributed by atoms with Crippen molar-refractivity contribution >= 4 is 21.6 Å². The van der Waals surface area contributed by atoms with Gasteiger partial charge in [0.1, 0.15) is 0 Å². The Balaban J connectivity index is 1.90. The summed E-state index contributed by atoms with van der Waals surface area (Å²) in [5.74, 6) is 0.147. The average molecular weight is 338 g/mol. The van der Waals surface area contributed by atoms with Crippen molar-refractivity contribution in [1.82, 2.24) is 4.90 Å². The van der Waals surface area contributed by atoms with Gasteiger partial charge < -0.3 is 4.90 Å². The molecule has 0 N–H and O–H groups in total. The zero-order valence-corrected chi connectivity index (χ0v) is 14.6. The Morgan fingerprint density at radius 3 is 2.26 bits per heavy atom. The molecule has 0 unspecified atom stereocenters. The van der Waals surface area contributed by atoms with Gasteiger partial charge in [-0.15, -0.1) is 0 Å². The lowest BCUT2D eigenvalue weighted by Crippen LogP contribution is -2.34. The molecule has 1 amide bonds. The van der Waals surface area contributed by atoms with Crippen LogP contribution in [0.5, 0.6) is 0 Å². The monoisotopic (exact) mass is 338 g/mol. The van der Waals surface area contributed by atoms with Crippen molar-refractivity contribution in [2.45, 2.75) is 38.5 Å². The van der Waals surface area contributed by atoms with Gasteiger partial charge in [0.2, 0.25) is 15.9 Å². The number of amides is 1. The number of anilines is 1. The van der Waals surface area contributed by atoms with E-state index in [1.54, 1.807) is 12.1 Å². The number of nitrogens with zero attached hydrogens (tertiary/aromatic N) is 2. The molecule has 1 aromatic carbocycles. The van der Waals surface area contributed by atoms with Gasteiger partial charge >= 0.3 is 0 Å². The first kappa shape index (κ1) is 17.8. The summed E-state index contributed by atoms with van der Waals surface area (Å²) in [6.45, 7) is 2.02. The Hall–Kier alpha value is -1.56. The maximum absolute atomic E-state index is 12.3. The molecule has 0 bridgehead atoms. The van der Waals surface area contributed by atoms with Crippen LogP contribution in [-0.4, -0.2) is 45.1 Å². The highest BCUT2D eigenvalue weighted by Crippen LogP contribution is 2.18. The summed E-state index contributed by atoms with van der Waals surface area (Å²) in [5.41, 5.74) is 0.650. The number of carbonyl (C=O) groups is 1. The number of benzene rings is 1. The van der Waals surface area contributed by atoms with Crippen LogP contribution in [0.4, 0.5) is 5.69 Å². The molecule has 5 nitrogen and oxygen atoms in total. The highest BCUT2D eigenvalue weighted by Gasteiger charge is 2.19. The summed E-state index contributed by atoms with van der Waals surface area (Å²) in [5, 5.41) is 0. The van der Waals surface area contributed by atoms with Crippen LogP contribution in [0.3, 0.4) is 0 Å². The Kier molecular flexibility index (Phi) is 6.45. The molecule has 2 rings (SSSR count). The first-order valence-corrected chi connectivity index (χ1v) is 10.1. The molecule has 0 spiro atoms. The fraction of sp³-hybridized carbons (Fsp3) is 0.588. The lowest BCUT2D eigenvalue weighted by atomic mass is 10.2. The van der Waals surface area contributed by atoms with Gasteiger partial charge in [0.25, 0.3) is 0 Å². The van der Waals surface area contributed by atoms with Crippen molar-refractivity contribution in [3.8, 4) is 0 Å². The quantitative estimate of drug-likeness (QED) is 0.801. The number of likely N-dealkylation sites (tertiary alicyclic amines) is 1. The second-order valence-corrected chi connectivity index (χ2v) is 7.98. The van der Waals surface area contributed by atoms with Crippen molar-refractivity contribution in [3.05, 3.63) is 30.3 Å². The van der Waals surface area contributed by atoms with E-state index in [-0.39, 0.29) is 5.91 Å². The highest BCUT2D eigenvalue weighted by atomic mass is 32.2. The van der Waals surface area contributed by atoms with E-state index in [0.29, 0.717) is 25.1 Å². The molecule has 1 aliphatic rings. The SMILES string of the molecule is CS(=O)(=O)N(CCCC(=O)N1CCCCCC1)c1ccccc1. The van der Waals surface area contributed by atoms with Crippen molar-refractivity contribution in [3.63, 3.8) is 0 Å². The molecule has 0 aliphatic carbocycles. The third-order valence-electron chi connectivity index (χ3n) is 4.16. The second kappa shape index (κ2) is 8.34. The largest absolute Gasteiger partial charge is 0.343 e. The second-order valence-electron chi connectivity index (χ2n) is 6.07. The van der Waals surface area contributed by atoms with Crippen LogP contribution in [0.15, 0.2) is 30.3 Å². The van der Waals surface area contributed by atoms with Crippen LogP contribution in [-0.2, 0) is 14.8 Å². The van der Waals surface area contributed by atoms with Crippen LogP contribution in [0.2, 0.25) is 0 Å². The molecule has 1 heterocycles. The molecule has 0 radical (unpaired) electrons. The number of sulfonamides is 1. The maximum atomic E-state index is 12.3. The molecule has 128 valence electrons. The minimum Gasteiger partial charge on any atom is -0.343 e. The van der Waals surface area contributed by atoms with E-state index in [9.17, 15) is 13.2 Å². The van der Waals surface area contributed by atoms with E-state index < -0.39 is 10.0 Å². The normalized spacial score (nSPS) is 16.0. The third kappa shape index (κ3) is 5.53. The number of carbonyl (C=O) groups excluding carboxylic acids is 1. The van der Waals surface area contributed by atoms with Gasteiger partial charge in [-0.2, -0.15) is 0 Å². The molecule has 0 saturated carbocycles. The van der Waals surface area contributed by atoms with Gasteiger partial charge in [-0.1, -0.05) is 31.0 Å². The van der Waals surface area contributed by atoms with E-state index in [0.717, 1.165) is 25.9 Å². The van der Waals surface area contributed by atoms with Crippen LogP contribution >= 0.6 is 0 Å². The Morgan fingerprint density at radius 1 is 1.09 bits per heavy atom. The molecule has 1 fully saturated rings. The Labute approximate surface area is 139 Å². The fourth-order valence-electron chi connectivity index (χ4n) is 2.93. The molecular weight excluding hydrogens is 312 g/mol. The van der Waals surface area contributed by atoms with Crippen LogP contribution in [0, 0.1) is 0 Å². The van der Waals surface area contributed by atoms with Crippen LogP contribution in [0.25, 0.3) is 0 Å². The highest BCUT2D eigenvalue weighted by molar-refractivity contribution is 7.92. The van der Waals surface area contributed by atoms with Crippen molar-refractivity contribution in [2.24, 2.45) is 0 Å². The van der Waals surface area contributed by atoms with Crippen molar-refractivity contribution < 1.29 is 13.2 Å². The number of para-hydroxylation sites is 1. The predicted octanol–water partition coefficient (Wildman–Crippen LogP) is 2.64. The molecule has 0 aromatic heterocycles. The van der Waals surface area contributed by atoms with Gasteiger partial charge in [0, 0.05) is 26.1 Å². The summed E-state index contributed by atoms with van der Waals surface area (Å²) in [6, 6.07) is 9.04. The van der Waals surface area contributed by atoms with Crippen molar-refractivity contribution in [2.75, 3.05) is 30.2 Å². The summed E-state index contributed by atoms with van der Waals surface area (Å²) in [7, 11) is -3.34. The van der Waals surface area contributed by atoms with Gasteiger partial charge in [0.05, 0.1) is 11.9 Å². The van der Waals surface area contributed by atoms with E-state index in [2.05, 4.69) is 0 Å². The van der Waals surface area contributed by atoms with Gasteiger partial charge in [0.15, 0.2) is 0 Å². The first-order chi connectivity index (χ1) is 11.0. The van der Waals surface area contributed by atoms with Gasteiger partial charge in [-0.25, -0.2) is 8.42 Å². The molecule has 1 saturated heterocycles. The third-order valence-corrected chi connectivity index (χ3v) is 5.35. The van der Waals surface area contributed by atoms with E-state index in [4.69, 9.17) is 0 Å². The number of hydrogen-bond acceptors (Lipinski definition) is 3. The van der Waals surface area contributed by atoms with Gasteiger partial charge in [-0.05, 0) is 31.4 Å². The van der Waals surface area contributed by atoms with E-state index >= 15 is 0 Å². The van der Waals surface area contributed by atoms with E-state index in [1.165, 1.54) is 23.4 Å². The minimum absolute atomic E-state index is 0.147. The summed E-state index contributed by atoms with van der Waals surface area (Å²) < 4.78 is 25.3. The lowest BCUT2D eigenvalue weighted by Gasteiger charge is -2.24. The average Bonchev–Trinajstić information content (AvgIpc) is 2.80. The summed E-state index contributed by atoms with van der Waals surface area (Å²) in [4.78, 5) is 14.2. The Morgan fingerprint density at radius 2 is 1.70 bits per heavy atom. The smallest absolute Gasteiger partial charge is 0.232 e. The van der Waals surface area contributed by atoms with Crippen molar-refractivity contribution in [1.29, 1.82) is 0 Å². The predicted molar refractivity (Wildman–Crippen MR) is 92.9 cm³/mol. The Bertz CT molecular complexity index is 594. The minimum atomic E-state index is -3.34. The maximum Gasteiger partial charge on any atom is 0.232 e. The molecule has 1 aromatic rings. The molecule has 6 heteroatoms. The zero-order valence-electron chi connectivity index (χ0n) is 13.8. The van der Waals surface area contributed by atoms with Crippen LogP contribution < -0.4 is 4.31 Å². The fourth-order valence-corrected chi connectivity index (χ4v) is 3.90. The molecular formula is C17H26N2O3S. The molecule has 0 atom stereocenters. The summed E-state index contributed by atoms with van der Waals surface area (Å²) in [6.07, 6.45) is 6.68. The van der Waals surface area contributed by atoms with Crippen LogP contribution in [0.1, 0.15) is 38.5 Å². The topological polar surface area (TPSA) is 57.7 Å². The molecule has 1 aliphatic heterocycles. The van der Waals surface area contributed by atoms with E-state index in [1.807, 2.05) is 23.1 Å². The lowest BCUT2D eigenvalue weighted by molar-refractivity contribution is -0.131. The first-order valence-electron chi connectivity index (χ1n) is 8.29. The number of hydrogen-bond donors (Lipinski definition) is 0. The standard InChI is InChI=1S/C17H26N2O3S/c1-23(21,22)19(16-10-5-4-6-11-16)15-9-12-17(20)18-13-7-2-3-8-14-18/h4-6,10-11H,2-3,7-9,12-15H2,1H3. The molecule has 23 heavy (non-hydrogen) atoms. The number of rotatable bonds is 6.